The van der Waals surface area contributed by atoms with Crippen LogP contribution in [0.15, 0.2) is 47.3 Å². The summed E-state index contributed by atoms with van der Waals surface area (Å²) >= 11 is 0. The molecule has 0 unspecified atom stereocenters. The number of likely N-dealkylation sites (tertiary alicyclic amines) is 1. The summed E-state index contributed by atoms with van der Waals surface area (Å²) in [7, 11) is 0. The molecule has 4 rings (SSSR count). The maximum absolute atomic E-state index is 13.8. The normalized spacial score (nSPS) is 17.2. The second-order valence-corrected chi connectivity index (χ2v) is 9.83. The summed E-state index contributed by atoms with van der Waals surface area (Å²) in [4.78, 5) is 21.3. The molecule has 0 amide bonds. The topological polar surface area (TPSA) is 47.4 Å². The zero-order valence-corrected chi connectivity index (χ0v) is 20.7. The van der Waals surface area contributed by atoms with E-state index in [4.69, 9.17) is 9.72 Å². The summed E-state index contributed by atoms with van der Waals surface area (Å²) < 4.78 is 7.63. The Bertz CT molecular complexity index is 1170. The van der Waals surface area contributed by atoms with E-state index in [0.29, 0.717) is 24.0 Å². The average Bonchev–Trinajstić information content (AvgIpc) is 2.81. The van der Waals surface area contributed by atoms with Crippen molar-refractivity contribution in [3.63, 3.8) is 0 Å². The Kier molecular flexibility index (Phi) is 7.18. The fourth-order valence-corrected chi connectivity index (χ4v) is 4.94. The Morgan fingerprint density at radius 2 is 1.88 bits per heavy atom. The van der Waals surface area contributed by atoms with Gasteiger partial charge in [0, 0.05) is 25.0 Å². The van der Waals surface area contributed by atoms with Gasteiger partial charge in [-0.25, -0.2) is 4.98 Å². The van der Waals surface area contributed by atoms with Crippen molar-refractivity contribution in [2.24, 2.45) is 5.92 Å². The summed E-state index contributed by atoms with van der Waals surface area (Å²) in [6, 6.07) is 14.6. The van der Waals surface area contributed by atoms with Gasteiger partial charge in [-0.2, -0.15) is 0 Å². The summed E-state index contributed by atoms with van der Waals surface area (Å²) in [6.45, 7) is 14.3. The molecule has 0 saturated carbocycles. The Hall–Kier alpha value is -2.66. The molecule has 176 valence electrons. The largest absolute Gasteiger partial charge is 0.494 e. The lowest BCUT2D eigenvalue weighted by molar-refractivity contribution is 0.129. The van der Waals surface area contributed by atoms with Crippen molar-refractivity contribution in [3.05, 3.63) is 58.6 Å². The number of aromatic nitrogens is 2. The molecule has 5 nitrogen and oxygen atoms in total. The first-order chi connectivity index (χ1) is 15.9. The standard InChI is InChI=1S/C28H37N3O2/c1-6-33-24-11-7-10-22(15-24)23-12-13-26-25(16-23)28(32)31(27(29-26)19(2)3)18-21-9-8-14-30(17-21)20(4)5/h7,10-13,15-16,19-21H,6,8-9,14,17-18H2,1-5H3/t21-/m0/s1. The molecular weight excluding hydrogens is 410 g/mol. The highest BCUT2D eigenvalue weighted by Gasteiger charge is 2.24. The smallest absolute Gasteiger partial charge is 0.261 e. The number of rotatable bonds is 7. The van der Waals surface area contributed by atoms with Crippen molar-refractivity contribution >= 4 is 10.9 Å². The van der Waals surface area contributed by atoms with E-state index in [-0.39, 0.29) is 11.5 Å². The molecule has 1 fully saturated rings. The predicted molar refractivity (Wildman–Crippen MR) is 136 cm³/mol. The molecule has 0 aliphatic carbocycles. The third-order valence-corrected chi connectivity index (χ3v) is 6.70. The third kappa shape index (κ3) is 5.14. The van der Waals surface area contributed by atoms with Gasteiger partial charge in [0.05, 0.1) is 17.5 Å². The Balaban J connectivity index is 1.74. The lowest BCUT2D eigenvalue weighted by atomic mass is 9.96. The molecule has 0 bridgehead atoms. The molecule has 2 aromatic carbocycles. The van der Waals surface area contributed by atoms with E-state index in [2.05, 4.69) is 44.7 Å². The first-order valence-electron chi connectivity index (χ1n) is 12.4. The second-order valence-electron chi connectivity index (χ2n) is 9.83. The highest BCUT2D eigenvalue weighted by atomic mass is 16.5. The fourth-order valence-electron chi connectivity index (χ4n) is 4.94. The first-order valence-corrected chi connectivity index (χ1v) is 12.4. The molecule has 1 atom stereocenters. The monoisotopic (exact) mass is 447 g/mol. The van der Waals surface area contributed by atoms with Crippen LogP contribution in [0.25, 0.3) is 22.0 Å². The zero-order chi connectivity index (χ0) is 23.5. The van der Waals surface area contributed by atoms with Gasteiger partial charge in [-0.3, -0.25) is 9.36 Å². The fraction of sp³-hybridized carbons (Fsp3) is 0.500. The molecule has 33 heavy (non-hydrogen) atoms. The van der Waals surface area contributed by atoms with Crippen molar-refractivity contribution in [3.8, 4) is 16.9 Å². The summed E-state index contributed by atoms with van der Waals surface area (Å²) in [5.74, 6) is 2.39. The van der Waals surface area contributed by atoms with Crippen LogP contribution >= 0.6 is 0 Å². The molecule has 0 N–H and O–H groups in total. The van der Waals surface area contributed by atoms with Gasteiger partial charge in [-0.15, -0.1) is 0 Å². The molecule has 5 heteroatoms. The molecular formula is C28H37N3O2. The van der Waals surface area contributed by atoms with Gasteiger partial charge in [-0.05, 0) is 81.5 Å². The van der Waals surface area contributed by atoms with Crippen molar-refractivity contribution in [1.29, 1.82) is 0 Å². The SMILES string of the molecule is CCOc1cccc(-c2ccc3nc(C(C)C)n(C[C@H]4CCCN(C(C)C)C4)c(=O)c3c2)c1. The molecule has 1 aliphatic rings. The van der Waals surface area contributed by atoms with Crippen molar-refractivity contribution in [2.45, 2.75) is 66.0 Å². The molecule has 0 radical (unpaired) electrons. The molecule has 0 spiro atoms. The van der Waals surface area contributed by atoms with E-state index in [9.17, 15) is 4.79 Å². The van der Waals surface area contributed by atoms with Crippen LogP contribution in [0.4, 0.5) is 0 Å². The van der Waals surface area contributed by atoms with Crippen LogP contribution in [0.3, 0.4) is 0 Å². The van der Waals surface area contributed by atoms with Crippen LogP contribution < -0.4 is 10.3 Å². The lowest BCUT2D eigenvalue weighted by Crippen LogP contribution is -2.42. The molecule has 3 aromatic rings. The van der Waals surface area contributed by atoms with Gasteiger partial charge in [0.15, 0.2) is 0 Å². The number of hydrogen-bond acceptors (Lipinski definition) is 4. The van der Waals surface area contributed by atoms with Crippen molar-refractivity contribution in [2.75, 3.05) is 19.7 Å². The Morgan fingerprint density at radius 1 is 1.09 bits per heavy atom. The average molecular weight is 448 g/mol. The van der Waals surface area contributed by atoms with Gasteiger partial charge >= 0.3 is 0 Å². The Labute approximate surface area is 197 Å². The lowest BCUT2D eigenvalue weighted by Gasteiger charge is -2.36. The summed E-state index contributed by atoms with van der Waals surface area (Å²) in [5, 5.41) is 0.690. The van der Waals surface area contributed by atoms with Crippen LogP contribution in [0, 0.1) is 5.92 Å². The first kappa shape index (κ1) is 23.5. The van der Waals surface area contributed by atoms with Crippen molar-refractivity contribution in [1.82, 2.24) is 14.5 Å². The number of hydrogen-bond donors (Lipinski definition) is 0. The van der Waals surface area contributed by atoms with Gasteiger partial charge in [-0.1, -0.05) is 32.0 Å². The van der Waals surface area contributed by atoms with Crippen LogP contribution in [0.1, 0.15) is 59.2 Å². The van der Waals surface area contributed by atoms with Gasteiger partial charge in [0.1, 0.15) is 11.6 Å². The summed E-state index contributed by atoms with van der Waals surface area (Å²) in [5.41, 5.74) is 2.90. The van der Waals surface area contributed by atoms with Crippen LogP contribution in [-0.2, 0) is 6.54 Å². The molecule has 2 heterocycles. The molecule has 1 aliphatic heterocycles. The zero-order valence-electron chi connectivity index (χ0n) is 20.7. The van der Waals surface area contributed by atoms with Gasteiger partial charge < -0.3 is 9.64 Å². The van der Waals surface area contributed by atoms with Gasteiger partial charge in [0.25, 0.3) is 5.56 Å². The minimum absolute atomic E-state index is 0.0770. The molecule has 1 saturated heterocycles. The second kappa shape index (κ2) is 10.1. The molecule has 1 aromatic heterocycles. The highest BCUT2D eigenvalue weighted by molar-refractivity contribution is 5.84. The van der Waals surface area contributed by atoms with Crippen LogP contribution in [-0.4, -0.2) is 40.2 Å². The third-order valence-electron chi connectivity index (χ3n) is 6.70. The van der Waals surface area contributed by atoms with E-state index >= 15 is 0 Å². The van der Waals surface area contributed by atoms with E-state index in [1.54, 1.807) is 0 Å². The van der Waals surface area contributed by atoms with Crippen LogP contribution in [0.2, 0.25) is 0 Å². The van der Waals surface area contributed by atoms with E-state index in [1.165, 1.54) is 6.42 Å². The van der Waals surface area contributed by atoms with E-state index < -0.39 is 0 Å². The number of fused-ring (bicyclic) bond motifs is 1. The quantitative estimate of drug-likeness (QED) is 0.466. The van der Waals surface area contributed by atoms with Crippen molar-refractivity contribution < 1.29 is 4.74 Å². The van der Waals surface area contributed by atoms with Crippen LogP contribution in [0.5, 0.6) is 5.75 Å². The maximum Gasteiger partial charge on any atom is 0.261 e. The summed E-state index contributed by atoms with van der Waals surface area (Å²) in [6.07, 6.45) is 2.35. The number of piperidine rings is 1. The maximum atomic E-state index is 13.8. The van der Waals surface area contributed by atoms with E-state index in [1.807, 2.05) is 41.8 Å². The Morgan fingerprint density at radius 3 is 2.61 bits per heavy atom. The minimum Gasteiger partial charge on any atom is -0.494 e. The number of nitrogens with zero attached hydrogens (tertiary/aromatic N) is 3. The number of ether oxygens (including phenoxy) is 1. The predicted octanol–water partition coefficient (Wildman–Crippen LogP) is 5.71. The number of benzene rings is 2. The highest BCUT2D eigenvalue weighted by Crippen LogP contribution is 2.27. The minimum atomic E-state index is 0.0770. The van der Waals surface area contributed by atoms with Gasteiger partial charge in [0.2, 0.25) is 0 Å². The van der Waals surface area contributed by atoms with E-state index in [0.717, 1.165) is 54.3 Å².